The van der Waals surface area contributed by atoms with E-state index in [1.807, 2.05) is 0 Å². The lowest BCUT2D eigenvalue weighted by molar-refractivity contribution is -0.117. The summed E-state index contributed by atoms with van der Waals surface area (Å²) in [6.07, 6.45) is 4.99. The average Bonchev–Trinajstić information content (AvgIpc) is 2.50. The molecule has 1 aromatic carbocycles. The van der Waals surface area contributed by atoms with Crippen LogP contribution < -0.4 is 10.6 Å². The van der Waals surface area contributed by atoms with E-state index in [2.05, 4.69) is 26.6 Å². The highest BCUT2D eigenvalue weighted by atomic mass is 16.2. The summed E-state index contributed by atoms with van der Waals surface area (Å²) >= 11 is 0. The van der Waals surface area contributed by atoms with E-state index in [4.69, 9.17) is 12.0 Å². The third-order valence-electron chi connectivity index (χ3n) is 2.28. The number of anilines is 1. The molecule has 1 rings (SSSR count). The standard InChI is InChI=1S/C13H11N5O3/c1-2-7-15-13(21)12(20)9-5-3-4-6-10(9)17-11(19)8-16-18-14/h1,3-6H,7-8H2,(H,15,21)(H,17,19). The van der Waals surface area contributed by atoms with Crippen molar-refractivity contribution in [1.29, 1.82) is 0 Å². The number of amides is 2. The molecule has 8 nitrogen and oxygen atoms in total. The van der Waals surface area contributed by atoms with Crippen LogP contribution in [0.2, 0.25) is 0 Å². The van der Waals surface area contributed by atoms with E-state index in [0.29, 0.717) is 0 Å². The second kappa shape index (κ2) is 7.99. The van der Waals surface area contributed by atoms with Crippen LogP contribution in [0.4, 0.5) is 5.69 Å². The van der Waals surface area contributed by atoms with Crippen molar-refractivity contribution in [3.63, 3.8) is 0 Å². The van der Waals surface area contributed by atoms with Gasteiger partial charge in [0.2, 0.25) is 5.91 Å². The maximum atomic E-state index is 12.0. The molecule has 2 N–H and O–H groups in total. The molecule has 1 aromatic rings. The van der Waals surface area contributed by atoms with Crippen LogP contribution in [-0.2, 0) is 9.59 Å². The molecule has 0 aromatic heterocycles. The maximum absolute atomic E-state index is 12.0. The van der Waals surface area contributed by atoms with Crippen LogP contribution in [0.3, 0.4) is 0 Å². The number of benzene rings is 1. The van der Waals surface area contributed by atoms with Gasteiger partial charge in [-0.25, -0.2) is 0 Å². The van der Waals surface area contributed by atoms with Crippen molar-refractivity contribution >= 4 is 23.3 Å². The number of ketones is 1. The fraction of sp³-hybridized carbons (Fsp3) is 0.154. The first-order valence-corrected chi connectivity index (χ1v) is 5.76. The monoisotopic (exact) mass is 285 g/mol. The summed E-state index contributed by atoms with van der Waals surface area (Å²) in [6.45, 7) is -0.488. The van der Waals surface area contributed by atoms with Gasteiger partial charge in [-0.1, -0.05) is 23.2 Å². The number of nitrogens with one attached hydrogen (secondary N) is 2. The molecule has 0 radical (unpaired) electrons. The molecule has 0 fully saturated rings. The molecular formula is C13H11N5O3. The van der Waals surface area contributed by atoms with Crippen molar-refractivity contribution in [2.24, 2.45) is 5.11 Å². The fourth-order valence-electron chi connectivity index (χ4n) is 1.41. The van der Waals surface area contributed by atoms with E-state index >= 15 is 0 Å². The van der Waals surface area contributed by atoms with Gasteiger partial charge in [0, 0.05) is 4.91 Å². The fourth-order valence-corrected chi connectivity index (χ4v) is 1.41. The predicted octanol–water partition coefficient (Wildman–Crippen LogP) is 0.867. The summed E-state index contributed by atoms with van der Waals surface area (Å²) in [7, 11) is 0. The number of azide groups is 1. The second-order valence-corrected chi connectivity index (χ2v) is 3.70. The highest BCUT2D eigenvalue weighted by Crippen LogP contribution is 2.15. The number of hydrogen-bond acceptors (Lipinski definition) is 4. The van der Waals surface area contributed by atoms with Gasteiger partial charge in [-0.15, -0.1) is 6.42 Å². The summed E-state index contributed by atoms with van der Waals surface area (Å²) in [6, 6.07) is 5.97. The SMILES string of the molecule is C#CCNC(=O)C(=O)c1ccccc1NC(=O)CN=[N+]=[N-]. The van der Waals surface area contributed by atoms with Crippen LogP contribution in [0.25, 0.3) is 10.4 Å². The highest BCUT2D eigenvalue weighted by Gasteiger charge is 2.19. The Bertz CT molecular complexity index is 656. The minimum absolute atomic E-state index is 0.0151. The molecule has 106 valence electrons. The number of terminal acetylenes is 1. The Morgan fingerprint density at radius 2 is 2.05 bits per heavy atom. The molecule has 0 spiro atoms. The van der Waals surface area contributed by atoms with Crippen LogP contribution in [0, 0.1) is 12.3 Å². The van der Waals surface area contributed by atoms with Crippen LogP contribution >= 0.6 is 0 Å². The number of rotatable bonds is 6. The zero-order valence-electron chi connectivity index (χ0n) is 10.9. The molecule has 2 amide bonds. The van der Waals surface area contributed by atoms with Crippen molar-refractivity contribution in [1.82, 2.24) is 5.32 Å². The Labute approximate surface area is 120 Å². The number of carbonyl (C=O) groups is 3. The van der Waals surface area contributed by atoms with E-state index in [1.165, 1.54) is 12.1 Å². The largest absolute Gasteiger partial charge is 0.338 e. The van der Waals surface area contributed by atoms with Crippen LogP contribution in [0.1, 0.15) is 10.4 Å². The first kappa shape index (κ1) is 15.8. The first-order chi connectivity index (χ1) is 10.1. The Balaban J connectivity index is 2.91. The van der Waals surface area contributed by atoms with Gasteiger partial charge in [0.15, 0.2) is 0 Å². The van der Waals surface area contributed by atoms with Gasteiger partial charge >= 0.3 is 0 Å². The predicted molar refractivity (Wildman–Crippen MR) is 75.3 cm³/mol. The molecule has 0 saturated heterocycles. The molecule has 0 aliphatic carbocycles. The van der Waals surface area contributed by atoms with E-state index in [9.17, 15) is 14.4 Å². The van der Waals surface area contributed by atoms with E-state index in [1.54, 1.807) is 12.1 Å². The molecular weight excluding hydrogens is 274 g/mol. The molecule has 8 heteroatoms. The summed E-state index contributed by atoms with van der Waals surface area (Å²) in [5, 5.41) is 7.73. The summed E-state index contributed by atoms with van der Waals surface area (Å²) < 4.78 is 0. The Kier molecular flexibility index (Phi) is 5.99. The lowest BCUT2D eigenvalue weighted by Gasteiger charge is -2.09. The highest BCUT2D eigenvalue weighted by molar-refractivity contribution is 6.44. The van der Waals surface area contributed by atoms with Crippen LogP contribution in [0.5, 0.6) is 0 Å². The Morgan fingerprint density at radius 1 is 1.33 bits per heavy atom. The van der Waals surface area contributed by atoms with Crippen molar-refractivity contribution in [3.05, 3.63) is 40.3 Å². The molecule has 0 aliphatic heterocycles. The zero-order valence-corrected chi connectivity index (χ0v) is 10.9. The lowest BCUT2D eigenvalue weighted by Crippen LogP contribution is -2.32. The number of para-hydroxylation sites is 1. The molecule has 0 unspecified atom stereocenters. The Hall–Kier alpha value is -3.30. The minimum Gasteiger partial charge on any atom is -0.338 e. The van der Waals surface area contributed by atoms with Gasteiger partial charge in [-0.05, 0) is 17.7 Å². The molecule has 0 heterocycles. The number of hydrogen-bond donors (Lipinski definition) is 2. The third kappa shape index (κ3) is 4.70. The van der Waals surface area contributed by atoms with Crippen molar-refractivity contribution in [2.45, 2.75) is 0 Å². The Morgan fingerprint density at radius 3 is 2.71 bits per heavy atom. The summed E-state index contributed by atoms with van der Waals surface area (Å²) in [5.74, 6) is -0.125. The van der Waals surface area contributed by atoms with Gasteiger partial charge in [0.05, 0.1) is 17.8 Å². The quantitative estimate of drug-likeness (QED) is 0.201. The number of nitrogens with zero attached hydrogens (tertiary/aromatic N) is 3. The summed E-state index contributed by atoms with van der Waals surface area (Å²) in [4.78, 5) is 37.5. The van der Waals surface area contributed by atoms with E-state index in [-0.39, 0.29) is 17.8 Å². The molecule has 0 aliphatic rings. The van der Waals surface area contributed by atoms with Crippen molar-refractivity contribution in [3.8, 4) is 12.3 Å². The first-order valence-electron chi connectivity index (χ1n) is 5.76. The summed E-state index contributed by atoms with van der Waals surface area (Å²) in [5.41, 5.74) is 8.30. The maximum Gasteiger partial charge on any atom is 0.293 e. The molecule has 0 bridgehead atoms. The average molecular weight is 285 g/mol. The smallest absolute Gasteiger partial charge is 0.293 e. The minimum atomic E-state index is -0.871. The van der Waals surface area contributed by atoms with Gasteiger partial charge in [0.25, 0.3) is 11.7 Å². The van der Waals surface area contributed by atoms with Crippen molar-refractivity contribution in [2.75, 3.05) is 18.4 Å². The van der Waals surface area contributed by atoms with E-state index in [0.717, 1.165) is 0 Å². The molecule has 21 heavy (non-hydrogen) atoms. The van der Waals surface area contributed by atoms with Gasteiger partial charge in [0.1, 0.15) is 6.54 Å². The van der Waals surface area contributed by atoms with Crippen LogP contribution in [0.15, 0.2) is 29.4 Å². The topological polar surface area (TPSA) is 124 Å². The third-order valence-corrected chi connectivity index (χ3v) is 2.28. The number of Topliss-reactive ketones (excluding diaryl/α,β-unsaturated/α-hetero) is 1. The normalized spacial score (nSPS) is 8.90. The van der Waals surface area contributed by atoms with Crippen LogP contribution in [-0.4, -0.2) is 30.7 Å². The second-order valence-electron chi connectivity index (χ2n) is 3.70. The molecule has 0 atom stereocenters. The zero-order chi connectivity index (χ0) is 15.7. The van der Waals surface area contributed by atoms with Gasteiger partial charge in [-0.3, -0.25) is 14.4 Å². The van der Waals surface area contributed by atoms with Gasteiger partial charge < -0.3 is 10.6 Å². The van der Waals surface area contributed by atoms with Gasteiger partial charge in [-0.2, -0.15) is 0 Å². The van der Waals surface area contributed by atoms with E-state index < -0.39 is 24.1 Å². The molecule has 0 saturated carbocycles. The lowest BCUT2D eigenvalue weighted by atomic mass is 10.1. The van der Waals surface area contributed by atoms with Crippen molar-refractivity contribution < 1.29 is 14.4 Å². The number of carbonyl (C=O) groups excluding carboxylic acids is 3.